The topological polar surface area (TPSA) is 79.8 Å². The quantitative estimate of drug-likeness (QED) is 0.189. The smallest absolute Gasteiger partial charge is 0.417 e. The Labute approximate surface area is 196 Å². The van der Waals surface area contributed by atoms with Gasteiger partial charge in [-0.2, -0.15) is 13.2 Å². The molecule has 0 fully saturated rings. The minimum absolute atomic E-state index is 0. The molecule has 0 radical (unpaired) electrons. The van der Waals surface area contributed by atoms with E-state index in [9.17, 15) is 13.2 Å². The van der Waals surface area contributed by atoms with E-state index < -0.39 is 11.7 Å². The molecule has 0 saturated carbocycles. The van der Waals surface area contributed by atoms with Gasteiger partial charge in [-0.05, 0) is 30.7 Å². The van der Waals surface area contributed by atoms with Crippen LogP contribution in [0.1, 0.15) is 17.5 Å². The van der Waals surface area contributed by atoms with Crippen LogP contribution < -0.4 is 25.4 Å². The SMILES string of the molecule is CN=C(NCCCNc1ccc(C(F)(F)F)cn1)NCc1ccc(OC)cc1OC.I. The number of nitrogens with zero attached hydrogens (tertiary/aromatic N) is 2. The highest BCUT2D eigenvalue weighted by atomic mass is 127. The van der Waals surface area contributed by atoms with E-state index in [1.54, 1.807) is 21.3 Å². The number of methoxy groups -OCH3 is 2. The van der Waals surface area contributed by atoms with E-state index in [1.807, 2.05) is 18.2 Å². The number of nitrogens with one attached hydrogen (secondary N) is 3. The number of benzene rings is 1. The maximum atomic E-state index is 12.5. The van der Waals surface area contributed by atoms with Crippen molar-refractivity contribution in [3.8, 4) is 11.5 Å². The molecule has 1 aromatic carbocycles. The zero-order valence-corrected chi connectivity index (χ0v) is 19.9. The molecule has 31 heavy (non-hydrogen) atoms. The molecule has 1 heterocycles. The molecule has 2 rings (SSSR count). The van der Waals surface area contributed by atoms with Crippen molar-refractivity contribution in [3.05, 3.63) is 47.7 Å². The molecule has 0 aliphatic heterocycles. The third-order valence-electron chi connectivity index (χ3n) is 4.21. The number of alkyl halides is 3. The molecule has 0 atom stereocenters. The van der Waals surface area contributed by atoms with Crippen molar-refractivity contribution in [2.24, 2.45) is 4.99 Å². The molecular formula is C20H27F3IN5O2. The normalized spacial score (nSPS) is 11.4. The molecule has 0 aliphatic rings. The molecular weight excluding hydrogens is 526 g/mol. The predicted octanol–water partition coefficient (Wildman–Crippen LogP) is 3.90. The number of halogens is 4. The van der Waals surface area contributed by atoms with Gasteiger partial charge < -0.3 is 25.4 Å². The lowest BCUT2D eigenvalue weighted by Crippen LogP contribution is -2.37. The molecule has 3 N–H and O–H groups in total. The first-order valence-electron chi connectivity index (χ1n) is 9.30. The van der Waals surface area contributed by atoms with Gasteiger partial charge >= 0.3 is 6.18 Å². The van der Waals surface area contributed by atoms with Crippen molar-refractivity contribution in [2.45, 2.75) is 19.1 Å². The molecule has 0 saturated heterocycles. The monoisotopic (exact) mass is 553 g/mol. The van der Waals surface area contributed by atoms with Gasteiger partial charge in [0.05, 0.1) is 19.8 Å². The Morgan fingerprint density at radius 2 is 1.84 bits per heavy atom. The van der Waals surface area contributed by atoms with E-state index in [4.69, 9.17) is 9.47 Å². The molecule has 2 aromatic rings. The molecule has 0 aliphatic carbocycles. The fraction of sp³-hybridized carbons (Fsp3) is 0.400. The second-order valence-electron chi connectivity index (χ2n) is 6.24. The van der Waals surface area contributed by atoms with Crippen LogP contribution in [-0.2, 0) is 12.7 Å². The zero-order chi connectivity index (χ0) is 22.0. The highest BCUT2D eigenvalue weighted by molar-refractivity contribution is 14.0. The first-order chi connectivity index (χ1) is 14.4. The summed E-state index contributed by atoms with van der Waals surface area (Å²) < 4.78 is 48.2. The molecule has 0 amide bonds. The minimum atomic E-state index is -4.38. The Hall–Kier alpha value is -2.44. The summed E-state index contributed by atoms with van der Waals surface area (Å²) >= 11 is 0. The van der Waals surface area contributed by atoms with Crippen LogP contribution in [-0.4, -0.2) is 45.3 Å². The largest absolute Gasteiger partial charge is 0.497 e. The summed E-state index contributed by atoms with van der Waals surface area (Å²) in [5.41, 5.74) is 0.189. The van der Waals surface area contributed by atoms with Crippen LogP contribution in [0.4, 0.5) is 19.0 Å². The molecule has 7 nitrogen and oxygen atoms in total. The Morgan fingerprint density at radius 3 is 2.42 bits per heavy atom. The molecule has 172 valence electrons. The van der Waals surface area contributed by atoms with Gasteiger partial charge in [0.1, 0.15) is 17.3 Å². The van der Waals surface area contributed by atoms with Crippen LogP contribution in [0.2, 0.25) is 0 Å². The fourth-order valence-corrected chi connectivity index (χ4v) is 2.58. The van der Waals surface area contributed by atoms with Crippen LogP contribution in [0, 0.1) is 0 Å². The summed E-state index contributed by atoms with van der Waals surface area (Å²) in [5, 5.41) is 9.38. The first-order valence-corrected chi connectivity index (χ1v) is 9.30. The van der Waals surface area contributed by atoms with E-state index in [0.717, 1.165) is 24.2 Å². The van der Waals surface area contributed by atoms with Crippen LogP contribution in [0.25, 0.3) is 0 Å². The Morgan fingerprint density at radius 1 is 1.06 bits per heavy atom. The van der Waals surface area contributed by atoms with Crippen molar-refractivity contribution in [2.75, 3.05) is 39.7 Å². The van der Waals surface area contributed by atoms with Crippen LogP contribution in [0.15, 0.2) is 41.5 Å². The van der Waals surface area contributed by atoms with E-state index >= 15 is 0 Å². The summed E-state index contributed by atoms with van der Waals surface area (Å²) in [4.78, 5) is 7.95. The predicted molar refractivity (Wildman–Crippen MR) is 126 cm³/mol. The number of ether oxygens (including phenoxy) is 2. The van der Waals surface area contributed by atoms with Gasteiger partial charge in [-0.1, -0.05) is 0 Å². The summed E-state index contributed by atoms with van der Waals surface area (Å²) in [6.07, 6.45) is -2.84. The van der Waals surface area contributed by atoms with Gasteiger partial charge in [-0.15, -0.1) is 24.0 Å². The number of anilines is 1. The zero-order valence-electron chi connectivity index (χ0n) is 17.5. The van der Waals surface area contributed by atoms with Crippen molar-refractivity contribution in [1.82, 2.24) is 15.6 Å². The second kappa shape index (κ2) is 13.1. The van der Waals surface area contributed by atoms with E-state index in [-0.39, 0.29) is 24.0 Å². The molecule has 11 heteroatoms. The number of rotatable bonds is 9. The summed E-state index contributed by atoms with van der Waals surface area (Å²) in [7, 11) is 4.87. The lowest BCUT2D eigenvalue weighted by Gasteiger charge is -2.14. The standard InChI is InChI=1S/C20H26F3N5O2.HI/c1-24-19(28-12-14-5-7-16(29-2)11-17(14)30-3)26-10-4-9-25-18-8-6-15(13-27-18)20(21,22)23;/h5-8,11,13H,4,9-10,12H2,1-3H3,(H,25,27)(H2,24,26,28);1H. The third-order valence-corrected chi connectivity index (χ3v) is 4.21. The van der Waals surface area contributed by atoms with Crippen LogP contribution >= 0.6 is 24.0 Å². The Bertz CT molecular complexity index is 833. The van der Waals surface area contributed by atoms with Gasteiger partial charge in [0.25, 0.3) is 0 Å². The van der Waals surface area contributed by atoms with E-state index in [1.165, 1.54) is 6.07 Å². The van der Waals surface area contributed by atoms with Crippen molar-refractivity contribution in [3.63, 3.8) is 0 Å². The Balaban J connectivity index is 0.00000480. The van der Waals surface area contributed by atoms with E-state index in [0.29, 0.717) is 42.9 Å². The van der Waals surface area contributed by atoms with Crippen molar-refractivity contribution >= 4 is 35.8 Å². The number of hydrogen-bond acceptors (Lipinski definition) is 5. The number of guanidine groups is 1. The third kappa shape index (κ3) is 8.67. The summed E-state index contributed by atoms with van der Waals surface area (Å²) in [6, 6.07) is 7.91. The van der Waals surface area contributed by atoms with E-state index in [2.05, 4.69) is 25.9 Å². The number of aromatic nitrogens is 1. The number of hydrogen-bond donors (Lipinski definition) is 3. The first kappa shape index (κ1) is 26.6. The molecule has 1 aromatic heterocycles. The fourth-order valence-electron chi connectivity index (χ4n) is 2.58. The van der Waals surface area contributed by atoms with Gasteiger partial charge in [0.2, 0.25) is 0 Å². The van der Waals surface area contributed by atoms with Crippen LogP contribution in [0.3, 0.4) is 0 Å². The van der Waals surface area contributed by atoms with Gasteiger partial charge in [-0.25, -0.2) is 4.98 Å². The molecule has 0 bridgehead atoms. The lowest BCUT2D eigenvalue weighted by atomic mass is 10.2. The second-order valence-corrected chi connectivity index (χ2v) is 6.24. The molecule has 0 spiro atoms. The summed E-state index contributed by atoms with van der Waals surface area (Å²) in [5.74, 6) is 2.45. The molecule has 0 unspecified atom stereocenters. The van der Waals surface area contributed by atoms with Crippen LogP contribution in [0.5, 0.6) is 11.5 Å². The van der Waals surface area contributed by atoms with Gasteiger partial charge in [-0.3, -0.25) is 4.99 Å². The highest BCUT2D eigenvalue weighted by Crippen LogP contribution is 2.28. The van der Waals surface area contributed by atoms with Gasteiger partial charge in [0.15, 0.2) is 5.96 Å². The Kier molecular flexibility index (Phi) is 11.2. The van der Waals surface area contributed by atoms with Crippen molar-refractivity contribution < 1.29 is 22.6 Å². The number of aliphatic imine (C=N–C) groups is 1. The summed E-state index contributed by atoms with van der Waals surface area (Å²) in [6.45, 7) is 1.68. The lowest BCUT2D eigenvalue weighted by molar-refractivity contribution is -0.137. The minimum Gasteiger partial charge on any atom is -0.497 e. The highest BCUT2D eigenvalue weighted by Gasteiger charge is 2.30. The number of pyridine rings is 1. The average molecular weight is 553 g/mol. The maximum Gasteiger partial charge on any atom is 0.417 e. The maximum absolute atomic E-state index is 12.5. The van der Waals surface area contributed by atoms with Gasteiger partial charge in [0, 0.05) is 44.5 Å². The average Bonchev–Trinajstić information content (AvgIpc) is 2.75. The van der Waals surface area contributed by atoms with Crippen molar-refractivity contribution in [1.29, 1.82) is 0 Å².